The molecule has 3 rings (SSSR count). The van der Waals surface area contributed by atoms with E-state index in [0.717, 1.165) is 5.56 Å². The molecule has 146 valence electrons. The van der Waals surface area contributed by atoms with Gasteiger partial charge in [0.1, 0.15) is 11.6 Å². The van der Waals surface area contributed by atoms with Crippen LogP contribution in [0.25, 0.3) is 5.76 Å². The van der Waals surface area contributed by atoms with Crippen molar-refractivity contribution in [3.8, 4) is 0 Å². The lowest BCUT2D eigenvalue weighted by molar-refractivity contribution is -0.140. The summed E-state index contributed by atoms with van der Waals surface area (Å²) >= 11 is 0. The molecule has 2 aromatic rings. The van der Waals surface area contributed by atoms with E-state index in [1.54, 1.807) is 6.92 Å². The van der Waals surface area contributed by atoms with E-state index in [-0.39, 0.29) is 11.3 Å². The minimum Gasteiger partial charge on any atom is -0.507 e. The second-order valence-corrected chi connectivity index (χ2v) is 7.17. The van der Waals surface area contributed by atoms with E-state index in [0.29, 0.717) is 24.2 Å². The zero-order valence-corrected chi connectivity index (χ0v) is 16.1. The van der Waals surface area contributed by atoms with Gasteiger partial charge in [-0.05, 0) is 50.3 Å². The van der Waals surface area contributed by atoms with Crippen molar-refractivity contribution in [2.75, 3.05) is 27.2 Å². The van der Waals surface area contributed by atoms with E-state index in [9.17, 15) is 19.1 Å². The Kier molecular flexibility index (Phi) is 5.61. The highest BCUT2D eigenvalue weighted by molar-refractivity contribution is 6.46. The Morgan fingerprint density at radius 3 is 2.43 bits per heavy atom. The molecular weight excluding hydrogens is 359 g/mol. The molecule has 0 saturated carbocycles. The number of rotatable bonds is 5. The van der Waals surface area contributed by atoms with E-state index in [2.05, 4.69) is 0 Å². The third-order valence-electron chi connectivity index (χ3n) is 4.87. The predicted octanol–water partition coefficient (Wildman–Crippen LogP) is 3.12. The Labute approximate surface area is 163 Å². The number of Topliss-reactive ketones (excluding diaryl/α,β-unsaturated/α-hetero) is 1. The number of aliphatic hydroxyl groups excluding tert-OH is 1. The fourth-order valence-corrected chi connectivity index (χ4v) is 3.35. The molecule has 0 aromatic heterocycles. The lowest BCUT2D eigenvalue weighted by atomic mass is 9.95. The zero-order valence-electron chi connectivity index (χ0n) is 16.1. The molecule has 1 aliphatic rings. The summed E-state index contributed by atoms with van der Waals surface area (Å²) in [6.07, 6.45) is 0. The molecule has 1 aliphatic heterocycles. The van der Waals surface area contributed by atoms with Crippen molar-refractivity contribution in [3.05, 3.63) is 76.6 Å². The van der Waals surface area contributed by atoms with Gasteiger partial charge in [0.05, 0.1) is 11.6 Å². The minimum atomic E-state index is -0.730. The van der Waals surface area contributed by atoms with Crippen LogP contribution in [0.5, 0.6) is 0 Å². The van der Waals surface area contributed by atoms with Gasteiger partial charge in [-0.15, -0.1) is 0 Å². The van der Waals surface area contributed by atoms with Gasteiger partial charge in [-0.3, -0.25) is 9.59 Å². The normalized spacial score (nSPS) is 18.9. The summed E-state index contributed by atoms with van der Waals surface area (Å²) in [7, 11) is 3.77. The van der Waals surface area contributed by atoms with E-state index in [1.807, 2.05) is 49.3 Å². The van der Waals surface area contributed by atoms with Crippen LogP contribution in [-0.2, 0) is 9.59 Å². The van der Waals surface area contributed by atoms with E-state index >= 15 is 0 Å². The lowest BCUT2D eigenvalue weighted by Gasteiger charge is -2.26. The molecule has 0 aliphatic carbocycles. The molecule has 1 amide bonds. The fraction of sp³-hybridized carbons (Fsp3) is 0.273. The van der Waals surface area contributed by atoms with Crippen LogP contribution in [0.1, 0.15) is 22.7 Å². The van der Waals surface area contributed by atoms with Gasteiger partial charge >= 0.3 is 0 Å². The largest absolute Gasteiger partial charge is 0.507 e. The van der Waals surface area contributed by atoms with Crippen molar-refractivity contribution in [2.24, 2.45) is 0 Å². The predicted molar refractivity (Wildman–Crippen MR) is 105 cm³/mol. The number of carbonyl (C=O) groups is 2. The van der Waals surface area contributed by atoms with Crippen molar-refractivity contribution in [3.63, 3.8) is 0 Å². The van der Waals surface area contributed by atoms with E-state index < -0.39 is 23.5 Å². The first-order valence-electron chi connectivity index (χ1n) is 9.06. The summed E-state index contributed by atoms with van der Waals surface area (Å²) in [5, 5.41) is 10.9. The molecule has 5 nitrogen and oxygen atoms in total. The number of likely N-dealkylation sites (tertiary alicyclic amines) is 1. The summed E-state index contributed by atoms with van der Waals surface area (Å²) in [6.45, 7) is 2.50. The summed E-state index contributed by atoms with van der Waals surface area (Å²) in [4.78, 5) is 28.9. The molecule has 0 bridgehead atoms. The third-order valence-corrected chi connectivity index (χ3v) is 4.87. The van der Waals surface area contributed by atoms with Crippen molar-refractivity contribution >= 4 is 17.4 Å². The molecule has 0 spiro atoms. The van der Waals surface area contributed by atoms with Crippen molar-refractivity contribution in [1.29, 1.82) is 0 Å². The Bertz CT molecular complexity index is 938. The Morgan fingerprint density at radius 1 is 1.14 bits per heavy atom. The molecule has 1 heterocycles. The van der Waals surface area contributed by atoms with Crippen molar-refractivity contribution in [1.82, 2.24) is 9.80 Å². The number of aryl methyl sites for hydroxylation is 1. The minimum absolute atomic E-state index is 0.0287. The van der Waals surface area contributed by atoms with Crippen LogP contribution >= 0.6 is 0 Å². The standard InChI is InChI=1S/C22H23FN2O3/c1-14-13-16(9-10-17(14)23)20(26)18-19(15-7-5-4-6-8-15)25(12-11-24(2)3)22(28)21(18)27/h4-10,13,19,26H,11-12H2,1-3H3/b20-18-. The molecule has 28 heavy (non-hydrogen) atoms. The number of nitrogens with zero attached hydrogens (tertiary/aromatic N) is 2. The molecule has 6 heteroatoms. The maximum Gasteiger partial charge on any atom is 0.295 e. The summed E-state index contributed by atoms with van der Waals surface area (Å²) in [5.41, 5.74) is 1.43. The number of likely N-dealkylation sites (N-methyl/N-ethyl adjacent to an activating group) is 1. The van der Waals surface area contributed by atoms with Crippen LogP contribution < -0.4 is 0 Å². The van der Waals surface area contributed by atoms with Crippen molar-refractivity contribution in [2.45, 2.75) is 13.0 Å². The molecule has 1 unspecified atom stereocenters. The average Bonchev–Trinajstić information content (AvgIpc) is 2.93. The smallest absolute Gasteiger partial charge is 0.295 e. The van der Waals surface area contributed by atoms with Gasteiger partial charge in [0.15, 0.2) is 0 Å². The van der Waals surface area contributed by atoms with Crippen LogP contribution in [0.2, 0.25) is 0 Å². The highest BCUT2D eigenvalue weighted by Crippen LogP contribution is 2.39. The van der Waals surface area contributed by atoms with Gasteiger partial charge in [-0.1, -0.05) is 30.3 Å². The second kappa shape index (κ2) is 7.94. The van der Waals surface area contributed by atoms with E-state index in [1.165, 1.54) is 23.1 Å². The number of hydrogen-bond donors (Lipinski definition) is 1. The summed E-state index contributed by atoms with van der Waals surface area (Å²) in [5.74, 6) is -2.06. The molecule has 1 fully saturated rings. The zero-order chi connectivity index (χ0) is 20.4. The Balaban J connectivity index is 2.14. The van der Waals surface area contributed by atoms with Crippen LogP contribution in [0.4, 0.5) is 4.39 Å². The van der Waals surface area contributed by atoms with Crippen LogP contribution in [0.15, 0.2) is 54.1 Å². The molecule has 1 saturated heterocycles. The van der Waals surface area contributed by atoms with Crippen LogP contribution in [0, 0.1) is 12.7 Å². The molecule has 2 aromatic carbocycles. The van der Waals surface area contributed by atoms with Gasteiger partial charge in [0.2, 0.25) is 0 Å². The molecule has 0 radical (unpaired) electrons. The van der Waals surface area contributed by atoms with Gasteiger partial charge in [-0.2, -0.15) is 0 Å². The van der Waals surface area contributed by atoms with Crippen LogP contribution in [-0.4, -0.2) is 53.8 Å². The highest BCUT2D eigenvalue weighted by atomic mass is 19.1. The number of hydrogen-bond acceptors (Lipinski definition) is 4. The number of aliphatic hydroxyl groups is 1. The second-order valence-electron chi connectivity index (χ2n) is 7.17. The number of carbonyl (C=O) groups excluding carboxylic acids is 2. The highest BCUT2D eigenvalue weighted by Gasteiger charge is 2.45. The van der Waals surface area contributed by atoms with E-state index in [4.69, 9.17) is 0 Å². The quantitative estimate of drug-likeness (QED) is 0.490. The third kappa shape index (κ3) is 3.68. The van der Waals surface area contributed by atoms with Gasteiger partial charge in [0.25, 0.3) is 11.7 Å². The number of amides is 1. The topological polar surface area (TPSA) is 60.9 Å². The Hall–Kier alpha value is -2.99. The first-order valence-corrected chi connectivity index (χ1v) is 9.06. The SMILES string of the molecule is Cc1cc(/C(O)=C2/C(=O)C(=O)N(CCN(C)C)C2c2ccccc2)ccc1F. The number of ketones is 1. The summed E-state index contributed by atoms with van der Waals surface area (Å²) < 4.78 is 13.6. The number of benzene rings is 2. The lowest BCUT2D eigenvalue weighted by Crippen LogP contribution is -2.35. The van der Waals surface area contributed by atoms with Gasteiger partial charge < -0.3 is 14.9 Å². The fourth-order valence-electron chi connectivity index (χ4n) is 3.35. The van der Waals surface area contributed by atoms with Gasteiger partial charge in [-0.25, -0.2) is 4.39 Å². The average molecular weight is 382 g/mol. The molecular formula is C22H23FN2O3. The summed E-state index contributed by atoms with van der Waals surface area (Å²) in [6, 6.07) is 12.6. The monoisotopic (exact) mass is 382 g/mol. The van der Waals surface area contributed by atoms with Crippen LogP contribution in [0.3, 0.4) is 0 Å². The maximum atomic E-state index is 13.6. The molecule has 1 N–H and O–H groups in total. The van der Waals surface area contributed by atoms with Crippen molar-refractivity contribution < 1.29 is 19.1 Å². The maximum absolute atomic E-state index is 13.6. The first kappa shape index (κ1) is 19.8. The molecule has 1 atom stereocenters. The Morgan fingerprint density at radius 2 is 1.82 bits per heavy atom. The van der Waals surface area contributed by atoms with Gasteiger partial charge in [0, 0.05) is 18.7 Å². The number of halogens is 1. The first-order chi connectivity index (χ1) is 13.3.